The normalized spacial score (nSPS) is 27.5. The van der Waals surface area contributed by atoms with E-state index in [4.69, 9.17) is 9.47 Å². The molecular weight excluding hydrogens is 278 g/mol. The first-order chi connectivity index (χ1) is 9.82. The van der Waals surface area contributed by atoms with E-state index in [9.17, 15) is 13.6 Å². The van der Waals surface area contributed by atoms with Crippen LogP contribution < -0.4 is 0 Å². The Balaban J connectivity index is 2.44. The highest BCUT2D eigenvalue weighted by atomic mass is 19.1. The molecule has 0 saturated carbocycles. The van der Waals surface area contributed by atoms with E-state index in [0.29, 0.717) is 12.8 Å². The molecule has 1 aliphatic rings. The van der Waals surface area contributed by atoms with Gasteiger partial charge in [-0.1, -0.05) is 13.3 Å². The average Bonchev–Trinajstić information content (AvgIpc) is 3.02. The standard InChI is InChI=1S/C16H20F2O3/c1-5-7-16(14(19)20-6-2)15(4,21-16)11-9-12(17)10(3)8-13(11)18/h8-9H,5-7H2,1-4H3. The van der Waals surface area contributed by atoms with Crippen LogP contribution in [0.4, 0.5) is 8.78 Å². The van der Waals surface area contributed by atoms with Gasteiger partial charge in [0.1, 0.15) is 17.2 Å². The quantitative estimate of drug-likeness (QED) is 0.615. The van der Waals surface area contributed by atoms with Crippen molar-refractivity contribution >= 4 is 5.97 Å². The zero-order valence-corrected chi connectivity index (χ0v) is 12.8. The lowest BCUT2D eigenvalue weighted by molar-refractivity contribution is -0.149. The van der Waals surface area contributed by atoms with Crippen LogP contribution in [0.3, 0.4) is 0 Å². The molecule has 0 aliphatic carbocycles. The van der Waals surface area contributed by atoms with Gasteiger partial charge in [-0.25, -0.2) is 13.6 Å². The van der Waals surface area contributed by atoms with Crippen LogP contribution in [0.15, 0.2) is 12.1 Å². The van der Waals surface area contributed by atoms with Gasteiger partial charge in [-0.15, -0.1) is 0 Å². The fourth-order valence-electron chi connectivity index (χ4n) is 2.84. The Morgan fingerprint density at radius 2 is 1.95 bits per heavy atom. The molecule has 1 saturated heterocycles. The van der Waals surface area contributed by atoms with Crippen LogP contribution in [0.5, 0.6) is 0 Å². The Hall–Kier alpha value is -1.49. The van der Waals surface area contributed by atoms with E-state index in [0.717, 1.165) is 12.1 Å². The fourth-order valence-corrected chi connectivity index (χ4v) is 2.84. The minimum absolute atomic E-state index is 0.0621. The molecule has 0 amide bonds. The van der Waals surface area contributed by atoms with Crippen LogP contribution in [0.2, 0.25) is 0 Å². The number of benzene rings is 1. The lowest BCUT2D eigenvalue weighted by atomic mass is 9.84. The van der Waals surface area contributed by atoms with E-state index < -0.39 is 28.8 Å². The van der Waals surface area contributed by atoms with Crippen molar-refractivity contribution in [3.05, 3.63) is 34.9 Å². The van der Waals surface area contributed by atoms with Crippen molar-refractivity contribution in [3.63, 3.8) is 0 Å². The second-order valence-corrected chi connectivity index (χ2v) is 5.51. The zero-order chi connectivity index (χ0) is 15.8. The Kier molecular flexibility index (Phi) is 4.06. The molecule has 1 aromatic carbocycles. The predicted octanol–water partition coefficient (Wildman–Crippen LogP) is 3.62. The van der Waals surface area contributed by atoms with Crippen molar-refractivity contribution < 1.29 is 23.0 Å². The predicted molar refractivity (Wildman–Crippen MR) is 73.8 cm³/mol. The summed E-state index contributed by atoms with van der Waals surface area (Å²) in [7, 11) is 0. The average molecular weight is 298 g/mol. The maximum Gasteiger partial charge on any atom is 0.341 e. The highest BCUT2D eigenvalue weighted by molar-refractivity contribution is 5.85. The van der Waals surface area contributed by atoms with E-state index in [2.05, 4.69) is 0 Å². The third-order valence-corrected chi connectivity index (χ3v) is 4.08. The van der Waals surface area contributed by atoms with E-state index in [-0.39, 0.29) is 17.7 Å². The third-order valence-electron chi connectivity index (χ3n) is 4.08. The van der Waals surface area contributed by atoms with Crippen LogP contribution in [-0.4, -0.2) is 18.2 Å². The molecule has 2 unspecified atom stereocenters. The molecule has 1 fully saturated rings. The van der Waals surface area contributed by atoms with Crippen LogP contribution in [0.1, 0.15) is 44.7 Å². The van der Waals surface area contributed by atoms with Crippen LogP contribution in [0, 0.1) is 18.6 Å². The number of carbonyl (C=O) groups excluding carboxylic acids is 1. The first-order valence-electron chi connectivity index (χ1n) is 7.16. The first-order valence-corrected chi connectivity index (χ1v) is 7.16. The van der Waals surface area contributed by atoms with Gasteiger partial charge >= 0.3 is 5.97 Å². The van der Waals surface area contributed by atoms with Crippen molar-refractivity contribution in [2.45, 2.75) is 51.7 Å². The van der Waals surface area contributed by atoms with E-state index in [1.165, 1.54) is 6.92 Å². The maximum atomic E-state index is 14.2. The monoisotopic (exact) mass is 298 g/mol. The van der Waals surface area contributed by atoms with E-state index in [1.807, 2.05) is 6.92 Å². The molecule has 0 radical (unpaired) electrons. The molecular formula is C16H20F2O3. The molecule has 1 heterocycles. The van der Waals surface area contributed by atoms with Crippen LogP contribution in [0.25, 0.3) is 0 Å². The lowest BCUT2D eigenvalue weighted by Gasteiger charge is -2.16. The third kappa shape index (κ3) is 2.33. The molecule has 0 aromatic heterocycles. The zero-order valence-electron chi connectivity index (χ0n) is 12.8. The number of carbonyl (C=O) groups is 1. The van der Waals surface area contributed by atoms with Crippen LogP contribution >= 0.6 is 0 Å². The minimum atomic E-state index is -1.22. The molecule has 0 bridgehead atoms. The van der Waals surface area contributed by atoms with Gasteiger partial charge < -0.3 is 9.47 Å². The van der Waals surface area contributed by atoms with Gasteiger partial charge in [-0.05, 0) is 44.9 Å². The van der Waals surface area contributed by atoms with Crippen molar-refractivity contribution in [1.82, 2.24) is 0 Å². The Labute approximate surface area is 123 Å². The SMILES string of the molecule is CCCC1(C(=O)OCC)OC1(C)c1cc(F)c(C)cc1F. The summed E-state index contributed by atoms with van der Waals surface area (Å²) in [5, 5.41) is 0. The number of hydrogen-bond donors (Lipinski definition) is 0. The van der Waals surface area contributed by atoms with Gasteiger partial charge in [0.15, 0.2) is 5.60 Å². The summed E-state index contributed by atoms with van der Waals surface area (Å²) in [6, 6.07) is 2.24. The summed E-state index contributed by atoms with van der Waals surface area (Å²) in [5.41, 5.74) is -2.13. The van der Waals surface area contributed by atoms with Crippen molar-refractivity contribution in [1.29, 1.82) is 0 Å². The van der Waals surface area contributed by atoms with Gasteiger partial charge in [-0.2, -0.15) is 0 Å². The number of halogens is 2. The number of ether oxygens (including phenoxy) is 2. The Morgan fingerprint density at radius 1 is 1.29 bits per heavy atom. The summed E-state index contributed by atoms with van der Waals surface area (Å²) in [5.74, 6) is -1.61. The molecule has 3 nitrogen and oxygen atoms in total. The second-order valence-electron chi connectivity index (χ2n) is 5.51. The Morgan fingerprint density at radius 3 is 2.52 bits per heavy atom. The minimum Gasteiger partial charge on any atom is -0.464 e. The molecule has 1 aliphatic heterocycles. The van der Waals surface area contributed by atoms with E-state index >= 15 is 0 Å². The second kappa shape index (κ2) is 5.37. The smallest absolute Gasteiger partial charge is 0.341 e. The van der Waals surface area contributed by atoms with Crippen molar-refractivity contribution in [3.8, 4) is 0 Å². The maximum absolute atomic E-state index is 14.2. The number of rotatable bonds is 5. The van der Waals surface area contributed by atoms with Gasteiger partial charge in [-0.3, -0.25) is 0 Å². The van der Waals surface area contributed by atoms with Crippen molar-refractivity contribution in [2.24, 2.45) is 0 Å². The molecule has 0 N–H and O–H groups in total. The largest absolute Gasteiger partial charge is 0.464 e. The number of aryl methyl sites for hydroxylation is 1. The van der Waals surface area contributed by atoms with Crippen molar-refractivity contribution in [2.75, 3.05) is 6.61 Å². The summed E-state index contributed by atoms with van der Waals surface area (Å²) in [6.45, 7) is 6.91. The number of epoxide rings is 1. The molecule has 5 heteroatoms. The summed E-state index contributed by atoms with van der Waals surface area (Å²) >= 11 is 0. The van der Waals surface area contributed by atoms with Crippen LogP contribution in [-0.2, 0) is 19.9 Å². The van der Waals surface area contributed by atoms with Gasteiger partial charge in [0.05, 0.1) is 6.61 Å². The van der Waals surface area contributed by atoms with E-state index in [1.54, 1.807) is 13.8 Å². The molecule has 116 valence electrons. The fraction of sp³-hybridized carbons (Fsp3) is 0.562. The lowest BCUT2D eigenvalue weighted by Crippen LogP contribution is -2.34. The topological polar surface area (TPSA) is 38.8 Å². The Bertz CT molecular complexity index is 573. The van der Waals surface area contributed by atoms with Gasteiger partial charge in [0, 0.05) is 5.56 Å². The number of esters is 1. The highest BCUT2D eigenvalue weighted by Crippen LogP contribution is 2.59. The van der Waals surface area contributed by atoms with Gasteiger partial charge in [0.25, 0.3) is 0 Å². The number of hydrogen-bond acceptors (Lipinski definition) is 3. The summed E-state index contributed by atoms with van der Waals surface area (Å²) < 4.78 is 38.6. The molecule has 21 heavy (non-hydrogen) atoms. The molecule has 1 aromatic rings. The molecule has 0 spiro atoms. The first kappa shape index (κ1) is 15.9. The highest BCUT2D eigenvalue weighted by Gasteiger charge is 2.73. The summed E-state index contributed by atoms with van der Waals surface area (Å²) in [4.78, 5) is 12.2. The molecule has 2 rings (SSSR count). The molecule has 2 atom stereocenters. The van der Waals surface area contributed by atoms with Gasteiger partial charge in [0.2, 0.25) is 0 Å². The summed E-state index contributed by atoms with van der Waals surface area (Å²) in [6.07, 6.45) is 1.07.